The molecule has 2 atom stereocenters. The van der Waals surface area contributed by atoms with E-state index in [0.717, 1.165) is 38.9 Å². The van der Waals surface area contributed by atoms with Crippen LogP contribution in [-0.4, -0.2) is 30.4 Å². The summed E-state index contributed by atoms with van der Waals surface area (Å²) in [6, 6.07) is 0. The van der Waals surface area contributed by atoms with Crippen LogP contribution < -0.4 is 5.73 Å². The molecule has 1 fully saturated rings. The first-order valence-electron chi connectivity index (χ1n) is 7.15. The van der Waals surface area contributed by atoms with Crippen molar-refractivity contribution in [3.8, 4) is 0 Å². The molecule has 1 saturated heterocycles. The Balaban J connectivity index is 2.25. The van der Waals surface area contributed by atoms with E-state index in [0.29, 0.717) is 17.7 Å². The lowest BCUT2D eigenvalue weighted by Crippen LogP contribution is -2.28. The zero-order chi connectivity index (χ0) is 12.7. The Bertz CT molecular complexity index is 224. The molecule has 0 aromatic carbocycles. The van der Waals surface area contributed by atoms with Gasteiger partial charge in [0.1, 0.15) is 0 Å². The fraction of sp³-hybridized carbons (Fsp3) is 0.929. The van der Waals surface area contributed by atoms with Crippen LogP contribution in [0.1, 0.15) is 52.4 Å². The Morgan fingerprint density at radius 2 is 2.18 bits per heavy atom. The minimum Gasteiger partial charge on any atom is -0.342 e. The van der Waals surface area contributed by atoms with E-state index < -0.39 is 0 Å². The van der Waals surface area contributed by atoms with Crippen LogP contribution in [0.25, 0.3) is 0 Å². The van der Waals surface area contributed by atoms with E-state index in [2.05, 4.69) is 13.8 Å². The van der Waals surface area contributed by atoms with Crippen molar-refractivity contribution in [2.45, 2.75) is 52.4 Å². The fourth-order valence-electron chi connectivity index (χ4n) is 2.72. The SMILES string of the molecule is CCCC(CCN)CCC(=O)N1CCC(C)C1. The molecule has 0 aromatic rings. The molecule has 0 saturated carbocycles. The van der Waals surface area contributed by atoms with Crippen LogP contribution in [0, 0.1) is 11.8 Å². The summed E-state index contributed by atoms with van der Waals surface area (Å²) in [5, 5.41) is 0. The standard InChI is InChI=1S/C14H28N2O/c1-3-4-13(7-9-15)5-6-14(17)16-10-8-12(2)11-16/h12-13H,3-11,15H2,1-2H3. The highest BCUT2D eigenvalue weighted by Crippen LogP contribution is 2.20. The maximum Gasteiger partial charge on any atom is 0.222 e. The van der Waals surface area contributed by atoms with Crippen LogP contribution in [0.2, 0.25) is 0 Å². The Morgan fingerprint density at radius 3 is 2.71 bits per heavy atom. The van der Waals surface area contributed by atoms with E-state index in [1.54, 1.807) is 0 Å². The highest BCUT2D eigenvalue weighted by Gasteiger charge is 2.23. The Kier molecular flexibility index (Phi) is 6.56. The summed E-state index contributed by atoms with van der Waals surface area (Å²) in [5.41, 5.74) is 5.61. The molecule has 0 aromatic heterocycles. The first-order chi connectivity index (χ1) is 8.17. The largest absolute Gasteiger partial charge is 0.342 e. The van der Waals surface area contributed by atoms with Crippen molar-refractivity contribution in [2.24, 2.45) is 17.6 Å². The van der Waals surface area contributed by atoms with Gasteiger partial charge < -0.3 is 10.6 Å². The van der Waals surface area contributed by atoms with E-state index in [1.165, 1.54) is 19.3 Å². The lowest BCUT2D eigenvalue weighted by atomic mass is 9.94. The molecule has 1 aliphatic rings. The van der Waals surface area contributed by atoms with Gasteiger partial charge in [0.25, 0.3) is 0 Å². The predicted octanol–water partition coefficient (Wildman–Crippen LogP) is 2.40. The Morgan fingerprint density at radius 1 is 1.41 bits per heavy atom. The number of likely N-dealkylation sites (tertiary alicyclic amines) is 1. The van der Waals surface area contributed by atoms with Crippen LogP contribution in [-0.2, 0) is 4.79 Å². The second kappa shape index (κ2) is 7.70. The second-order valence-electron chi connectivity index (χ2n) is 5.50. The van der Waals surface area contributed by atoms with Gasteiger partial charge in [-0.1, -0.05) is 26.7 Å². The average Bonchev–Trinajstić information content (AvgIpc) is 2.73. The molecule has 1 aliphatic heterocycles. The lowest BCUT2D eigenvalue weighted by molar-refractivity contribution is -0.130. The minimum absolute atomic E-state index is 0.354. The molecule has 2 unspecified atom stereocenters. The van der Waals surface area contributed by atoms with Crippen LogP contribution in [0.5, 0.6) is 0 Å². The third-order valence-corrected chi connectivity index (χ3v) is 3.81. The minimum atomic E-state index is 0.354. The third-order valence-electron chi connectivity index (χ3n) is 3.81. The topological polar surface area (TPSA) is 46.3 Å². The van der Waals surface area contributed by atoms with Crippen molar-refractivity contribution in [3.63, 3.8) is 0 Å². The van der Waals surface area contributed by atoms with E-state index >= 15 is 0 Å². The van der Waals surface area contributed by atoms with E-state index in [-0.39, 0.29) is 0 Å². The third kappa shape index (κ3) is 5.07. The molecular formula is C14H28N2O. The summed E-state index contributed by atoms with van der Waals surface area (Å²) in [7, 11) is 0. The van der Waals surface area contributed by atoms with Gasteiger partial charge in [-0.2, -0.15) is 0 Å². The van der Waals surface area contributed by atoms with Gasteiger partial charge in [-0.15, -0.1) is 0 Å². The van der Waals surface area contributed by atoms with Crippen molar-refractivity contribution < 1.29 is 4.79 Å². The molecule has 3 nitrogen and oxygen atoms in total. The van der Waals surface area contributed by atoms with Gasteiger partial charge >= 0.3 is 0 Å². The maximum atomic E-state index is 12.0. The first-order valence-corrected chi connectivity index (χ1v) is 7.15. The average molecular weight is 240 g/mol. The van der Waals surface area contributed by atoms with Gasteiger partial charge in [0.05, 0.1) is 0 Å². The molecular weight excluding hydrogens is 212 g/mol. The quantitative estimate of drug-likeness (QED) is 0.742. The zero-order valence-corrected chi connectivity index (χ0v) is 11.5. The molecule has 1 rings (SSSR count). The number of hydrogen-bond donors (Lipinski definition) is 1. The number of rotatable bonds is 7. The van der Waals surface area contributed by atoms with E-state index in [4.69, 9.17) is 5.73 Å². The Hall–Kier alpha value is -0.570. The van der Waals surface area contributed by atoms with E-state index in [1.807, 2.05) is 4.90 Å². The molecule has 0 bridgehead atoms. The summed E-state index contributed by atoms with van der Waals surface area (Å²) in [6.45, 7) is 7.11. The second-order valence-corrected chi connectivity index (χ2v) is 5.50. The number of nitrogens with two attached hydrogens (primary N) is 1. The van der Waals surface area contributed by atoms with Gasteiger partial charge in [0, 0.05) is 19.5 Å². The van der Waals surface area contributed by atoms with Crippen LogP contribution >= 0.6 is 0 Å². The molecule has 0 spiro atoms. The molecule has 2 N–H and O–H groups in total. The first kappa shape index (κ1) is 14.5. The van der Waals surface area contributed by atoms with E-state index in [9.17, 15) is 4.79 Å². The smallest absolute Gasteiger partial charge is 0.222 e. The normalized spacial score (nSPS) is 21.8. The maximum absolute atomic E-state index is 12.0. The lowest BCUT2D eigenvalue weighted by Gasteiger charge is -2.19. The van der Waals surface area contributed by atoms with Crippen LogP contribution in [0.15, 0.2) is 0 Å². The van der Waals surface area contributed by atoms with Crippen molar-refractivity contribution >= 4 is 5.91 Å². The van der Waals surface area contributed by atoms with Crippen molar-refractivity contribution in [3.05, 3.63) is 0 Å². The number of nitrogens with zero attached hydrogens (tertiary/aromatic N) is 1. The molecule has 3 heteroatoms. The van der Waals surface area contributed by atoms with Gasteiger partial charge in [0.2, 0.25) is 5.91 Å². The number of amides is 1. The molecule has 100 valence electrons. The Labute approximate surface area is 106 Å². The summed E-state index contributed by atoms with van der Waals surface area (Å²) in [4.78, 5) is 14.0. The number of carbonyl (C=O) groups is 1. The molecule has 17 heavy (non-hydrogen) atoms. The van der Waals surface area contributed by atoms with Gasteiger partial charge in [-0.25, -0.2) is 0 Å². The van der Waals surface area contributed by atoms with Gasteiger partial charge in [-0.05, 0) is 37.6 Å². The molecule has 0 radical (unpaired) electrons. The van der Waals surface area contributed by atoms with Crippen molar-refractivity contribution in [1.82, 2.24) is 4.90 Å². The van der Waals surface area contributed by atoms with Crippen molar-refractivity contribution in [2.75, 3.05) is 19.6 Å². The van der Waals surface area contributed by atoms with Gasteiger partial charge in [-0.3, -0.25) is 4.79 Å². The highest BCUT2D eigenvalue weighted by molar-refractivity contribution is 5.76. The summed E-state index contributed by atoms with van der Waals surface area (Å²) >= 11 is 0. The number of carbonyl (C=O) groups excluding carboxylic acids is 1. The zero-order valence-electron chi connectivity index (χ0n) is 11.5. The molecule has 0 aliphatic carbocycles. The molecule has 1 amide bonds. The summed E-state index contributed by atoms with van der Waals surface area (Å²) < 4.78 is 0. The van der Waals surface area contributed by atoms with Crippen LogP contribution in [0.3, 0.4) is 0 Å². The fourth-order valence-corrected chi connectivity index (χ4v) is 2.72. The summed E-state index contributed by atoms with van der Waals surface area (Å²) in [5.74, 6) is 1.69. The predicted molar refractivity (Wildman–Crippen MR) is 71.7 cm³/mol. The highest BCUT2D eigenvalue weighted by atomic mass is 16.2. The summed E-state index contributed by atoms with van der Waals surface area (Å²) in [6.07, 6.45) is 6.39. The van der Waals surface area contributed by atoms with Gasteiger partial charge in [0.15, 0.2) is 0 Å². The number of hydrogen-bond acceptors (Lipinski definition) is 2. The van der Waals surface area contributed by atoms with Crippen LogP contribution in [0.4, 0.5) is 0 Å². The molecule has 1 heterocycles. The van der Waals surface area contributed by atoms with Crippen molar-refractivity contribution in [1.29, 1.82) is 0 Å². The monoisotopic (exact) mass is 240 g/mol.